The molecule has 0 heterocycles. The van der Waals surface area contributed by atoms with Gasteiger partial charge < -0.3 is 14.2 Å². The van der Waals surface area contributed by atoms with E-state index in [4.69, 9.17) is 14.2 Å². The van der Waals surface area contributed by atoms with Gasteiger partial charge in [0.2, 0.25) is 0 Å². The lowest BCUT2D eigenvalue weighted by atomic mass is 10.1. The van der Waals surface area contributed by atoms with E-state index in [0.29, 0.717) is 19.3 Å². The van der Waals surface area contributed by atoms with Gasteiger partial charge in [-0.1, -0.05) is 179 Å². The number of unbranched alkanes of at least 4 members (excludes halogenated alkanes) is 22. The number of ether oxygens (including phenoxy) is 3. The number of hydrogen-bond donors (Lipinski definition) is 0. The largest absolute Gasteiger partial charge is 0.462 e. The Labute approximate surface area is 339 Å². The SMILES string of the molecule is CC/C=C\C/C=C\C/C=C\CCCCCCCC(=O)OCC(COC(=O)CCCCCCCCCCCC)OC(=O)CCCCCCC/C=C\CCCCC. The van der Waals surface area contributed by atoms with Crippen molar-refractivity contribution < 1.29 is 28.6 Å². The van der Waals surface area contributed by atoms with Crippen LogP contribution < -0.4 is 0 Å². The third-order valence-corrected chi connectivity index (χ3v) is 9.82. The lowest BCUT2D eigenvalue weighted by Gasteiger charge is -2.18. The van der Waals surface area contributed by atoms with Gasteiger partial charge in [0, 0.05) is 19.3 Å². The molecule has 55 heavy (non-hydrogen) atoms. The molecular weight excluding hydrogens is 685 g/mol. The summed E-state index contributed by atoms with van der Waals surface area (Å²) in [7, 11) is 0. The summed E-state index contributed by atoms with van der Waals surface area (Å²) in [4.78, 5) is 37.7. The van der Waals surface area contributed by atoms with Crippen molar-refractivity contribution in [1.82, 2.24) is 0 Å². The van der Waals surface area contributed by atoms with Gasteiger partial charge in [-0.25, -0.2) is 0 Å². The molecule has 0 aliphatic carbocycles. The molecule has 0 radical (unpaired) electrons. The minimum absolute atomic E-state index is 0.0807. The molecule has 0 aliphatic rings. The Bertz CT molecular complexity index is 980. The van der Waals surface area contributed by atoms with Gasteiger partial charge in [0.25, 0.3) is 0 Å². The molecule has 0 aromatic carbocycles. The smallest absolute Gasteiger partial charge is 0.306 e. The van der Waals surface area contributed by atoms with Crippen molar-refractivity contribution in [2.75, 3.05) is 13.2 Å². The molecule has 0 aliphatic heterocycles. The molecule has 0 saturated heterocycles. The van der Waals surface area contributed by atoms with Crippen molar-refractivity contribution in [3.05, 3.63) is 48.6 Å². The number of esters is 3. The second-order valence-electron chi connectivity index (χ2n) is 15.3. The highest BCUT2D eigenvalue weighted by atomic mass is 16.6. The van der Waals surface area contributed by atoms with Crippen LogP contribution in [0.5, 0.6) is 0 Å². The minimum Gasteiger partial charge on any atom is -0.462 e. The molecule has 0 aromatic rings. The first-order valence-electron chi connectivity index (χ1n) is 23.1. The van der Waals surface area contributed by atoms with Gasteiger partial charge in [-0.3, -0.25) is 14.4 Å². The van der Waals surface area contributed by atoms with Crippen molar-refractivity contribution in [3.63, 3.8) is 0 Å². The standard InChI is InChI=1S/C49H86O6/c1-4-7-10-13-16-19-22-24-25-26-28-30-33-36-39-42-48(51)54-45-46(44-53-47(50)41-38-35-32-29-21-18-15-12-9-6-3)55-49(52)43-40-37-34-31-27-23-20-17-14-11-8-5-2/h7,10,16-17,19-20,24-25,46H,4-6,8-9,11-15,18,21-23,26-45H2,1-3H3/b10-7-,19-16-,20-17-,25-24-. The minimum atomic E-state index is -0.779. The Morgan fingerprint density at radius 1 is 0.382 bits per heavy atom. The number of rotatable bonds is 41. The van der Waals surface area contributed by atoms with Crippen LogP contribution in [0.4, 0.5) is 0 Å². The molecule has 1 atom stereocenters. The summed E-state index contributed by atoms with van der Waals surface area (Å²) in [6, 6.07) is 0. The van der Waals surface area contributed by atoms with E-state index in [-0.39, 0.29) is 31.1 Å². The first kappa shape index (κ1) is 52.4. The topological polar surface area (TPSA) is 78.9 Å². The third kappa shape index (κ3) is 42.4. The summed E-state index contributed by atoms with van der Waals surface area (Å²) in [5, 5.41) is 0. The fraction of sp³-hybridized carbons (Fsp3) is 0.776. The Kier molecular flexibility index (Phi) is 42.0. The zero-order chi connectivity index (χ0) is 40.1. The van der Waals surface area contributed by atoms with Crippen LogP contribution >= 0.6 is 0 Å². The molecular formula is C49H86O6. The second kappa shape index (κ2) is 44.1. The summed E-state index contributed by atoms with van der Waals surface area (Å²) >= 11 is 0. The fourth-order valence-electron chi connectivity index (χ4n) is 6.33. The predicted octanol–water partition coefficient (Wildman–Crippen LogP) is 14.8. The van der Waals surface area contributed by atoms with Crippen molar-refractivity contribution in [2.24, 2.45) is 0 Å². The van der Waals surface area contributed by atoms with E-state index in [2.05, 4.69) is 69.4 Å². The van der Waals surface area contributed by atoms with Crippen LogP contribution in [-0.2, 0) is 28.6 Å². The van der Waals surface area contributed by atoms with Crippen molar-refractivity contribution >= 4 is 17.9 Å². The maximum absolute atomic E-state index is 12.7. The molecule has 0 spiro atoms. The van der Waals surface area contributed by atoms with Gasteiger partial charge in [0.05, 0.1) is 0 Å². The number of carbonyl (C=O) groups is 3. The number of carbonyl (C=O) groups excluding carboxylic acids is 3. The molecule has 0 amide bonds. The Morgan fingerprint density at radius 2 is 0.709 bits per heavy atom. The van der Waals surface area contributed by atoms with E-state index in [9.17, 15) is 14.4 Å². The molecule has 6 heteroatoms. The van der Waals surface area contributed by atoms with Gasteiger partial charge in [-0.2, -0.15) is 0 Å². The van der Waals surface area contributed by atoms with Gasteiger partial charge in [0.15, 0.2) is 6.10 Å². The molecule has 6 nitrogen and oxygen atoms in total. The van der Waals surface area contributed by atoms with Gasteiger partial charge in [0.1, 0.15) is 13.2 Å². The molecule has 1 unspecified atom stereocenters. The maximum Gasteiger partial charge on any atom is 0.306 e. The summed E-state index contributed by atoms with van der Waals surface area (Å²) < 4.78 is 16.7. The summed E-state index contributed by atoms with van der Waals surface area (Å²) in [5.74, 6) is -0.909. The van der Waals surface area contributed by atoms with E-state index in [0.717, 1.165) is 109 Å². The second-order valence-corrected chi connectivity index (χ2v) is 15.3. The van der Waals surface area contributed by atoms with Gasteiger partial charge in [-0.15, -0.1) is 0 Å². The summed E-state index contributed by atoms with van der Waals surface area (Å²) in [6.07, 6.45) is 50.9. The molecule has 0 saturated carbocycles. The average Bonchev–Trinajstić information content (AvgIpc) is 3.18. The monoisotopic (exact) mass is 771 g/mol. The van der Waals surface area contributed by atoms with Gasteiger partial charge in [-0.05, 0) is 77.0 Å². The molecule has 0 fully saturated rings. The lowest BCUT2D eigenvalue weighted by Crippen LogP contribution is -2.30. The average molecular weight is 771 g/mol. The third-order valence-electron chi connectivity index (χ3n) is 9.82. The van der Waals surface area contributed by atoms with Crippen molar-refractivity contribution in [2.45, 2.75) is 232 Å². The molecule has 0 rings (SSSR count). The van der Waals surface area contributed by atoms with Crippen LogP contribution in [0.25, 0.3) is 0 Å². The highest BCUT2D eigenvalue weighted by Crippen LogP contribution is 2.14. The summed E-state index contributed by atoms with van der Waals surface area (Å²) in [5.41, 5.74) is 0. The van der Waals surface area contributed by atoms with Crippen molar-refractivity contribution in [1.29, 1.82) is 0 Å². The van der Waals surface area contributed by atoms with E-state index < -0.39 is 6.10 Å². The van der Waals surface area contributed by atoms with E-state index in [1.54, 1.807) is 0 Å². The lowest BCUT2D eigenvalue weighted by molar-refractivity contribution is -0.167. The number of allylic oxidation sites excluding steroid dienone is 8. The first-order chi connectivity index (χ1) is 27.0. The Hall–Kier alpha value is -2.63. The van der Waals surface area contributed by atoms with Crippen molar-refractivity contribution in [3.8, 4) is 0 Å². The van der Waals surface area contributed by atoms with E-state index in [1.165, 1.54) is 77.0 Å². The van der Waals surface area contributed by atoms with Crippen LogP contribution in [-0.4, -0.2) is 37.2 Å². The molecule has 0 bridgehead atoms. The fourth-order valence-corrected chi connectivity index (χ4v) is 6.33. The van der Waals surface area contributed by atoms with Crippen LogP contribution in [0.1, 0.15) is 226 Å². The molecule has 318 valence electrons. The highest BCUT2D eigenvalue weighted by Gasteiger charge is 2.19. The quantitative estimate of drug-likeness (QED) is 0.0267. The van der Waals surface area contributed by atoms with Crippen LogP contribution in [0, 0.1) is 0 Å². The van der Waals surface area contributed by atoms with Crippen LogP contribution in [0.2, 0.25) is 0 Å². The van der Waals surface area contributed by atoms with E-state index in [1.807, 2.05) is 0 Å². The number of hydrogen-bond acceptors (Lipinski definition) is 6. The normalized spacial score (nSPS) is 12.4. The maximum atomic E-state index is 12.7. The van der Waals surface area contributed by atoms with Crippen LogP contribution in [0.15, 0.2) is 48.6 Å². The first-order valence-corrected chi connectivity index (χ1v) is 23.1. The molecule has 0 aromatic heterocycles. The highest BCUT2D eigenvalue weighted by molar-refractivity contribution is 5.71. The van der Waals surface area contributed by atoms with E-state index >= 15 is 0 Å². The predicted molar refractivity (Wildman–Crippen MR) is 233 cm³/mol. The summed E-state index contributed by atoms with van der Waals surface area (Å²) in [6.45, 7) is 6.46. The molecule has 0 N–H and O–H groups in total. The Balaban J connectivity index is 4.39. The Morgan fingerprint density at radius 3 is 1.16 bits per heavy atom. The zero-order valence-electron chi connectivity index (χ0n) is 36.2. The van der Waals surface area contributed by atoms with Gasteiger partial charge >= 0.3 is 17.9 Å². The zero-order valence-corrected chi connectivity index (χ0v) is 36.2. The van der Waals surface area contributed by atoms with Crippen LogP contribution in [0.3, 0.4) is 0 Å².